The number of H-pyrrole nitrogens is 1. The Bertz CT molecular complexity index is 838. The minimum Gasteiger partial charge on any atom is -0.385 e. The van der Waals surface area contributed by atoms with Crippen LogP contribution in [-0.2, 0) is 10.4 Å². The molecule has 0 saturated carbocycles. The van der Waals surface area contributed by atoms with E-state index in [1.54, 1.807) is 13.1 Å². The minimum atomic E-state index is -1.21. The molecule has 0 spiro atoms. The summed E-state index contributed by atoms with van der Waals surface area (Å²) in [5.41, 5.74) is 2.04. The van der Waals surface area contributed by atoms with Crippen LogP contribution >= 0.6 is 0 Å². The van der Waals surface area contributed by atoms with Gasteiger partial charge >= 0.3 is 0 Å². The third kappa shape index (κ3) is 3.24. The number of amides is 1. The normalized spacial score (nSPS) is 13.7. The number of aromatic nitrogens is 2. The van der Waals surface area contributed by atoms with Gasteiger partial charge in [-0.15, -0.1) is 0 Å². The predicted octanol–water partition coefficient (Wildman–Crippen LogP) is 3.11. The maximum Gasteiger partial charge on any atom is 0.227 e. The summed E-state index contributed by atoms with van der Waals surface area (Å²) in [7, 11) is 0. The lowest BCUT2D eigenvalue weighted by Gasteiger charge is -2.23. The van der Waals surface area contributed by atoms with Crippen LogP contribution in [0.4, 0.5) is 5.69 Å². The van der Waals surface area contributed by atoms with Crippen molar-refractivity contribution in [3.8, 4) is 0 Å². The molecule has 0 aliphatic carbocycles. The monoisotopic (exact) mass is 309 g/mol. The number of aryl methyl sites for hydroxylation is 1. The quantitative estimate of drug-likeness (QED) is 0.693. The SMILES string of the molecule is Cc1cc2cn[nH]c2cc1NC(=O)CC(C)(O)c1ccccc1. The summed E-state index contributed by atoms with van der Waals surface area (Å²) in [4.78, 5) is 12.3. The lowest BCUT2D eigenvalue weighted by Crippen LogP contribution is -2.28. The van der Waals surface area contributed by atoms with E-state index in [-0.39, 0.29) is 12.3 Å². The predicted molar refractivity (Wildman–Crippen MR) is 90.1 cm³/mol. The van der Waals surface area contributed by atoms with E-state index in [1.807, 2.05) is 49.4 Å². The largest absolute Gasteiger partial charge is 0.385 e. The van der Waals surface area contributed by atoms with E-state index in [2.05, 4.69) is 15.5 Å². The maximum atomic E-state index is 12.3. The maximum absolute atomic E-state index is 12.3. The smallest absolute Gasteiger partial charge is 0.227 e. The second-order valence-electron chi connectivity index (χ2n) is 5.99. The summed E-state index contributed by atoms with van der Waals surface area (Å²) in [5, 5.41) is 21.3. The highest BCUT2D eigenvalue weighted by molar-refractivity contribution is 5.95. The van der Waals surface area contributed by atoms with Gasteiger partial charge in [0.25, 0.3) is 0 Å². The molecule has 5 nitrogen and oxygen atoms in total. The molecule has 0 aliphatic rings. The van der Waals surface area contributed by atoms with Crippen LogP contribution in [0.2, 0.25) is 0 Å². The number of hydrogen-bond donors (Lipinski definition) is 3. The van der Waals surface area contributed by atoms with Gasteiger partial charge in [-0.1, -0.05) is 30.3 Å². The first kappa shape index (κ1) is 15.2. The van der Waals surface area contributed by atoms with Gasteiger partial charge in [-0.3, -0.25) is 9.89 Å². The Kier molecular flexibility index (Phi) is 3.88. The Hall–Kier alpha value is -2.66. The summed E-state index contributed by atoms with van der Waals surface area (Å²) in [6.07, 6.45) is 1.73. The molecule has 0 aliphatic heterocycles. The molecule has 1 atom stereocenters. The first-order valence-electron chi connectivity index (χ1n) is 7.47. The van der Waals surface area contributed by atoms with E-state index < -0.39 is 5.60 Å². The molecule has 0 saturated heterocycles. The topological polar surface area (TPSA) is 78.0 Å². The fourth-order valence-electron chi connectivity index (χ4n) is 2.65. The molecular weight excluding hydrogens is 290 g/mol. The van der Waals surface area contributed by atoms with Crippen molar-refractivity contribution in [3.05, 3.63) is 59.8 Å². The van der Waals surface area contributed by atoms with Crippen molar-refractivity contribution in [2.75, 3.05) is 5.32 Å². The Labute approximate surface area is 134 Å². The molecule has 3 aromatic rings. The average molecular weight is 309 g/mol. The molecule has 118 valence electrons. The van der Waals surface area contributed by atoms with Gasteiger partial charge in [0.05, 0.1) is 23.7 Å². The molecule has 0 bridgehead atoms. The first-order valence-corrected chi connectivity index (χ1v) is 7.47. The number of aliphatic hydroxyl groups is 1. The van der Waals surface area contributed by atoms with Crippen molar-refractivity contribution in [1.82, 2.24) is 10.2 Å². The van der Waals surface area contributed by atoms with Gasteiger partial charge in [0.1, 0.15) is 0 Å². The number of carbonyl (C=O) groups is 1. The molecule has 3 rings (SSSR count). The van der Waals surface area contributed by atoms with Gasteiger partial charge in [-0.25, -0.2) is 0 Å². The van der Waals surface area contributed by atoms with Crippen molar-refractivity contribution in [2.45, 2.75) is 25.9 Å². The zero-order valence-corrected chi connectivity index (χ0v) is 13.1. The highest BCUT2D eigenvalue weighted by atomic mass is 16.3. The summed E-state index contributed by atoms with van der Waals surface area (Å²) < 4.78 is 0. The number of rotatable bonds is 4. The number of aromatic amines is 1. The second kappa shape index (κ2) is 5.85. The Balaban J connectivity index is 1.77. The molecule has 2 aromatic carbocycles. The molecule has 0 radical (unpaired) electrons. The van der Waals surface area contributed by atoms with E-state index in [0.29, 0.717) is 0 Å². The number of fused-ring (bicyclic) bond motifs is 1. The third-order valence-corrected chi connectivity index (χ3v) is 3.96. The molecule has 3 N–H and O–H groups in total. The number of benzene rings is 2. The number of carbonyl (C=O) groups excluding carboxylic acids is 1. The van der Waals surface area contributed by atoms with Gasteiger partial charge in [0, 0.05) is 11.1 Å². The Morgan fingerprint density at radius 2 is 2.04 bits per heavy atom. The van der Waals surface area contributed by atoms with Crippen molar-refractivity contribution in [1.29, 1.82) is 0 Å². The zero-order valence-electron chi connectivity index (χ0n) is 13.1. The van der Waals surface area contributed by atoms with Crippen LogP contribution in [0, 0.1) is 6.92 Å². The average Bonchev–Trinajstić information content (AvgIpc) is 2.95. The highest BCUT2D eigenvalue weighted by Crippen LogP contribution is 2.26. The molecule has 1 unspecified atom stereocenters. The lowest BCUT2D eigenvalue weighted by molar-refractivity contribution is -0.120. The zero-order chi connectivity index (χ0) is 16.4. The van der Waals surface area contributed by atoms with Crippen molar-refractivity contribution in [2.24, 2.45) is 0 Å². The van der Waals surface area contributed by atoms with Crippen LogP contribution in [0.25, 0.3) is 10.9 Å². The molecule has 1 heterocycles. The third-order valence-electron chi connectivity index (χ3n) is 3.96. The molecule has 5 heteroatoms. The lowest BCUT2D eigenvalue weighted by atomic mass is 9.92. The van der Waals surface area contributed by atoms with Gasteiger partial charge in [0.2, 0.25) is 5.91 Å². The minimum absolute atomic E-state index is 0.0164. The summed E-state index contributed by atoms with van der Waals surface area (Å²) >= 11 is 0. The van der Waals surface area contributed by atoms with Crippen LogP contribution in [0.5, 0.6) is 0 Å². The van der Waals surface area contributed by atoms with Gasteiger partial charge in [-0.05, 0) is 37.1 Å². The molecular formula is C18H19N3O2. The van der Waals surface area contributed by atoms with Crippen LogP contribution in [0.3, 0.4) is 0 Å². The van der Waals surface area contributed by atoms with Gasteiger partial charge in [-0.2, -0.15) is 5.10 Å². The summed E-state index contributed by atoms with van der Waals surface area (Å²) in [5.74, 6) is -0.235. The highest BCUT2D eigenvalue weighted by Gasteiger charge is 2.26. The summed E-state index contributed by atoms with van der Waals surface area (Å²) in [6, 6.07) is 13.0. The van der Waals surface area contributed by atoms with Crippen molar-refractivity contribution >= 4 is 22.5 Å². The van der Waals surface area contributed by atoms with Crippen molar-refractivity contribution in [3.63, 3.8) is 0 Å². The Morgan fingerprint density at radius 1 is 1.30 bits per heavy atom. The molecule has 1 aromatic heterocycles. The fraction of sp³-hybridized carbons (Fsp3) is 0.222. The molecule has 23 heavy (non-hydrogen) atoms. The van der Waals surface area contributed by atoms with E-state index in [1.165, 1.54) is 0 Å². The van der Waals surface area contributed by atoms with E-state index in [4.69, 9.17) is 0 Å². The second-order valence-corrected chi connectivity index (χ2v) is 5.99. The fourth-order valence-corrected chi connectivity index (χ4v) is 2.65. The number of anilines is 1. The van der Waals surface area contributed by atoms with Crippen LogP contribution < -0.4 is 5.32 Å². The van der Waals surface area contributed by atoms with Crippen LogP contribution in [0.1, 0.15) is 24.5 Å². The van der Waals surface area contributed by atoms with E-state index >= 15 is 0 Å². The molecule has 0 fully saturated rings. The van der Waals surface area contributed by atoms with Gasteiger partial charge < -0.3 is 10.4 Å². The van der Waals surface area contributed by atoms with E-state index in [9.17, 15) is 9.90 Å². The van der Waals surface area contributed by atoms with Crippen LogP contribution in [0.15, 0.2) is 48.7 Å². The number of hydrogen-bond acceptors (Lipinski definition) is 3. The summed E-state index contributed by atoms with van der Waals surface area (Å²) in [6.45, 7) is 3.57. The van der Waals surface area contributed by atoms with Crippen molar-refractivity contribution < 1.29 is 9.90 Å². The standard InChI is InChI=1S/C18H19N3O2/c1-12-8-13-11-19-21-16(13)9-15(12)20-17(22)10-18(2,23)14-6-4-3-5-7-14/h3-9,11,23H,10H2,1-2H3,(H,19,21)(H,20,22). The van der Waals surface area contributed by atoms with Crippen LogP contribution in [-0.4, -0.2) is 21.2 Å². The number of nitrogens with one attached hydrogen (secondary N) is 2. The van der Waals surface area contributed by atoms with E-state index in [0.717, 1.165) is 27.7 Å². The Morgan fingerprint density at radius 3 is 2.78 bits per heavy atom. The number of nitrogens with zero attached hydrogens (tertiary/aromatic N) is 1. The van der Waals surface area contributed by atoms with Gasteiger partial charge in [0.15, 0.2) is 0 Å². The first-order chi connectivity index (χ1) is 11.0. The molecule has 1 amide bonds.